The van der Waals surface area contributed by atoms with Gasteiger partial charge in [-0.1, -0.05) is 83.5 Å². The number of esters is 4. The van der Waals surface area contributed by atoms with Crippen LogP contribution in [0.5, 0.6) is 11.5 Å². The molecule has 2 fully saturated rings. The summed E-state index contributed by atoms with van der Waals surface area (Å²) in [5, 5.41) is -1.47. The number of hydrogen-bond acceptors (Lipinski definition) is 8. The highest BCUT2D eigenvalue weighted by Gasteiger charge is 2.37. The number of halogens is 6. The van der Waals surface area contributed by atoms with Crippen LogP contribution >= 0.6 is 69.6 Å². The van der Waals surface area contributed by atoms with Crippen LogP contribution in [0.25, 0.3) is 0 Å². The second-order valence-electron chi connectivity index (χ2n) is 11.6. The molecule has 0 spiro atoms. The van der Waals surface area contributed by atoms with Crippen LogP contribution in [-0.4, -0.2) is 37.1 Å². The Hall–Kier alpha value is -1.94. The van der Waals surface area contributed by atoms with Crippen LogP contribution in [0.3, 0.4) is 0 Å². The van der Waals surface area contributed by atoms with Crippen molar-refractivity contribution < 1.29 is 38.1 Å². The van der Waals surface area contributed by atoms with Crippen LogP contribution in [0.4, 0.5) is 0 Å². The molecule has 2 aromatic carbocycles. The summed E-state index contributed by atoms with van der Waals surface area (Å²) in [4.78, 5) is 51.6. The lowest BCUT2D eigenvalue weighted by Crippen LogP contribution is -2.27. The molecule has 4 rings (SSSR count). The van der Waals surface area contributed by atoms with Gasteiger partial charge in [0.05, 0.1) is 43.3 Å². The third-order valence-corrected chi connectivity index (χ3v) is 9.88. The number of benzene rings is 2. The minimum atomic E-state index is -1.64. The Morgan fingerprint density at radius 2 is 0.955 bits per heavy atom. The monoisotopic (exact) mass is 726 g/mol. The third kappa shape index (κ3) is 8.65. The number of ether oxygens (including phenoxy) is 4. The van der Waals surface area contributed by atoms with Gasteiger partial charge in [0.25, 0.3) is 0 Å². The summed E-state index contributed by atoms with van der Waals surface area (Å²) in [6, 6.07) is 2.25. The highest BCUT2D eigenvalue weighted by Crippen LogP contribution is 2.49. The summed E-state index contributed by atoms with van der Waals surface area (Å²) < 4.78 is 20.9. The van der Waals surface area contributed by atoms with Gasteiger partial charge in [0, 0.05) is 0 Å². The van der Waals surface area contributed by atoms with Crippen LogP contribution in [-0.2, 0) is 19.1 Å². The molecule has 238 valence electrons. The van der Waals surface area contributed by atoms with Crippen molar-refractivity contribution in [3.63, 3.8) is 0 Å². The molecule has 2 aromatic rings. The van der Waals surface area contributed by atoms with E-state index in [2.05, 4.69) is 13.8 Å². The molecular weight excluding hydrogens is 701 g/mol. The van der Waals surface area contributed by atoms with Crippen LogP contribution in [0.2, 0.25) is 30.1 Å². The van der Waals surface area contributed by atoms with Crippen molar-refractivity contribution in [3.8, 4) is 11.5 Å². The van der Waals surface area contributed by atoms with E-state index in [1.165, 1.54) is 0 Å². The van der Waals surface area contributed by atoms with Crippen LogP contribution in [0.15, 0.2) is 12.1 Å². The van der Waals surface area contributed by atoms with Gasteiger partial charge >= 0.3 is 23.9 Å². The van der Waals surface area contributed by atoms with Crippen molar-refractivity contribution in [2.24, 2.45) is 10.8 Å². The Balaban J connectivity index is 1.48. The molecule has 14 heteroatoms. The number of hydrogen-bond donors (Lipinski definition) is 0. The lowest BCUT2D eigenvalue weighted by molar-refractivity contribution is -0.156. The van der Waals surface area contributed by atoms with Gasteiger partial charge in [0.2, 0.25) is 0 Å². The normalized spacial score (nSPS) is 15.7. The zero-order valence-corrected chi connectivity index (χ0v) is 28.3. The SMILES string of the molecule is CC1(CCCOC(=O)c2c(Cl)c(Cl)cc(Cl)c2OC(=O)C(=O)Oc2c(Cl)cc(Cl)c(Cl)c2C(=O)OCCCC2(C)CC2)CC1. The molecule has 0 unspecified atom stereocenters. The van der Waals surface area contributed by atoms with Crippen molar-refractivity contribution >= 4 is 93.5 Å². The van der Waals surface area contributed by atoms with Gasteiger partial charge in [-0.3, -0.25) is 0 Å². The molecule has 0 saturated heterocycles. The second-order valence-corrected chi connectivity index (χ2v) is 14.0. The van der Waals surface area contributed by atoms with Gasteiger partial charge in [-0.2, -0.15) is 0 Å². The van der Waals surface area contributed by atoms with E-state index in [0.717, 1.165) is 50.7 Å². The highest BCUT2D eigenvalue weighted by atomic mass is 35.5. The first kappa shape index (κ1) is 34.9. The molecule has 0 atom stereocenters. The van der Waals surface area contributed by atoms with Gasteiger partial charge in [-0.05, 0) is 74.3 Å². The van der Waals surface area contributed by atoms with Crippen molar-refractivity contribution in [2.75, 3.05) is 13.2 Å². The molecule has 0 bridgehead atoms. The van der Waals surface area contributed by atoms with Crippen molar-refractivity contribution in [1.29, 1.82) is 0 Å². The Morgan fingerprint density at radius 3 is 1.27 bits per heavy atom. The predicted molar refractivity (Wildman–Crippen MR) is 168 cm³/mol. The number of carbonyl (C=O) groups excluding carboxylic acids is 4. The van der Waals surface area contributed by atoms with E-state index in [1.54, 1.807) is 0 Å². The summed E-state index contributed by atoms with van der Waals surface area (Å²) in [7, 11) is 0. The molecule has 0 N–H and O–H groups in total. The molecule has 44 heavy (non-hydrogen) atoms. The maximum absolute atomic E-state index is 12.9. The standard InChI is InChI=1S/C30H28Cl6O8/c1-29(7-8-29)5-3-11-41-25(37)19-21(35)15(31)13-17(33)23(19)43-27(39)28(40)44-24-18(34)14-16(32)22(36)20(24)26(38)42-12-4-6-30(2)9-10-30/h13-14H,3-12H2,1-2H3. The van der Waals surface area contributed by atoms with Gasteiger partial charge in [-0.25, -0.2) is 19.2 Å². The molecule has 0 heterocycles. The fourth-order valence-corrected chi connectivity index (χ4v) is 5.83. The molecule has 8 nitrogen and oxygen atoms in total. The predicted octanol–water partition coefficient (Wildman–Crippen LogP) is 9.59. The molecule has 2 aliphatic rings. The van der Waals surface area contributed by atoms with Gasteiger partial charge in [0.1, 0.15) is 11.1 Å². The van der Waals surface area contributed by atoms with E-state index >= 15 is 0 Å². The highest BCUT2D eigenvalue weighted by molar-refractivity contribution is 6.47. The average molecular weight is 729 g/mol. The number of carbonyl (C=O) groups is 4. The third-order valence-electron chi connectivity index (χ3n) is 7.74. The van der Waals surface area contributed by atoms with E-state index in [9.17, 15) is 19.2 Å². The largest absolute Gasteiger partial charge is 0.462 e. The molecular formula is C30H28Cl6O8. The number of rotatable bonds is 12. The van der Waals surface area contributed by atoms with E-state index in [-0.39, 0.29) is 54.2 Å². The summed E-state index contributed by atoms with van der Waals surface area (Å²) in [5.74, 6) is -6.37. The zero-order valence-electron chi connectivity index (χ0n) is 23.8. The Bertz CT molecular complexity index is 1390. The average Bonchev–Trinajstić information content (AvgIpc) is 3.89. The minimum Gasteiger partial charge on any atom is -0.462 e. The Labute approximate surface area is 284 Å². The van der Waals surface area contributed by atoms with Gasteiger partial charge in [-0.15, -0.1) is 0 Å². The maximum Gasteiger partial charge on any atom is 0.423 e. The van der Waals surface area contributed by atoms with Crippen LogP contribution in [0.1, 0.15) is 85.9 Å². The topological polar surface area (TPSA) is 105 Å². The quantitative estimate of drug-likeness (QED) is 0.0700. The fourth-order valence-electron chi connectivity index (χ4n) is 4.39. The zero-order chi connectivity index (χ0) is 32.4. The molecule has 0 radical (unpaired) electrons. The first-order valence-electron chi connectivity index (χ1n) is 13.8. The first-order valence-corrected chi connectivity index (χ1v) is 16.0. The smallest absolute Gasteiger partial charge is 0.423 e. The molecule has 0 aliphatic heterocycles. The summed E-state index contributed by atoms with van der Waals surface area (Å²) in [6.45, 7) is 4.43. The molecule has 0 amide bonds. The molecule has 0 aromatic heterocycles. The molecule has 2 aliphatic carbocycles. The van der Waals surface area contributed by atoms with E-state index in [4.69, 9.17) is 88.6 Å². The lowest BCUT2D eigenvalue weighted by Gasteiger charge is -2.16. The minimum absolute atomic E-state index is 0.0678. The summed E-state index contributed by atoms with van der Waals surface area (Å²) in [6.07, 6.45) is 7.39. The van der Waals surface area contributed by atoms with Crippen molar-refractivity contribution in [1.82, 2.24) is 0 Å². The maximum atomic E-state index is 12.9. The van der Waals surface area contributed by atoms with Crippen molar-refractivity contribution in [2.45, 2.75) is 65.2 Å². The van der Waals surface area contributed by atoms with Gasteiger partial charge < -0.3 is 18.9 Å². The first-order chi connectivity index (χ1) is 20.6. The van der Waals surface area contributed by atoms with Crippen LogP contribution in [0, 0.1) is 10.8 Å². The summed E-state index contributed by atoms with van der Waals surface area (Å²) >= 11 is 37.1. The second kappa shape index (κ2) is 14.2. The van der Waals surface area contributed by atoms with E-state index in [1.807, 2.05) is 0 Å². The Kier molecular flexibility index (Phi) is 11.3. The Morgan fingerprint density at radius 1 is 0.614 bits per heavy atom. The van der Waals surface area contributed by atoms with E-state index < -0.39 is 46.5 Å². The summed E-state index contributed by atoms with van der Waals surface area (Å²) in [5.41, 5.74) is -0.403. The van der Waals surface area contributed by atoms with Gasteiger partial charge in [0.15, 0.2) is 11.5 Å². The molecule has 2 saturated carbocycles. The van der Waals surface area contributed by atoms with E-state index in [0.29, 0.717) is 12.8 Å². The fraction of sp³-hybridized carbons (Fsp3) is 0.467. The van der Waals surface area contributed by atoms with Crippen molar-refractivity contribution in [3.05, 3.63) is 53.4 Å². The lowest BCUT2D eigenvalue weighted by atomic mass is 10.0. The van der Waals surface area contributed by atoms with Crippen LogP contribution < -0.4 is 9.47 Å².